The number of thiophene rings is 1. The van der Waals surface area contributed by atoms with Crippen LogP contribution in [0.4, 0.5) is 0 Å². The van der Waals surface area contributed by atoms with Gasteiger partial charge >= 0.3 is 0 Å². The molecule has 3 heterocycles. The van der Waals surface area contributed by atoms with Crippen molar-refractivity contribution in [2.24, 2.45) is 0 Å². The zero-order chi connectivity index (χ0) is 15.9. The van der Waals surface area contributed by atoms with Gasteiger partial charge in [0.25, 0.3) is 0 Å². The number of amides is 1. The number of rotatable bonds is 7. The Morgan fingerprint density at radius 1 is 1.52 bits per heavy atom. The van der Waals surface area contributed by atoms with Crippen molar-refractivity contribution in [3.05, 3.63) is 35.0 Å². The van der Waals surface area contributed by atoms with Gasteiger partial charge in [-0.15, -0.1) is 11.3 Å². The van der Waals surface area contributed by atoms with E-state index in [4.69, 9.17) is 4.74 Å². The number of nitrogens with zero attached hydrogens (tertiary/aromatic N) is 4. The molecule has 1 aliphatic heterocycles. The number of ether oxygens (including phenoxy) is 1. The summed E-state index contributed by atoms with van der Waals surface area (Å²) >= 11 is 1.72. The van der Waals surface area contributed by atoms with Gasteiger partial charge in [-0.1, -0.05) is 6.07 Å². The average Bonchev–Trinajstić information content (AvgIpc) is 3.21. The second-order valence-corrected chi connectivity index (χ2v) is 6.56. The summed E-state index contributed by atoms with van der Waals surface area (Å²) in [7, 11) is 0. The Morgan fingerprint density at radius 2 is 2.48 bits per heavy atom. The molecular formula is C15H21N5O2S. The smallest absolute Gasteiger partial charge is 0.234 e. The highest BCUT2D eigenvalue weighted by atomic mass is 32.1. The Balaban J connectivity index is 1.37. The number of aromatic nitrogens is 3. The minimum absolute atomic E-state index is 0.0457. The Bertz CT molecular complexity index is 587. The fraction of sp³-hybridized carbons (Fsp3) is 0.533. The van der Waals surface area contributed by atoms with Gasteiger partial charge in [0, 0.05) is 24.5 Å². The van der Waals surface area contributed by atoms with E-state index in [-0.39, 0.29) is 12.0 Å². The lowest BCUT2D eigenvalue weighted by Gasteiger charge is -2.32. The largest absolute Gasteiger partial charge is 0.374 e. The highest BCUT2D eigenvalue weighted by molar-refractivity contribution is 7.09. The molecule has 124 valence electrons. The van der Waals surface area contributed by atoms with Gasteiger partial charge in [0.05, 0.1) is 25.8 Å². The van der Waals surface area contributed by atoms with Crippen LogP contribution in [0.25, 0.3) is 0 Å². The second kappa shape index (κ2) is 8.19. The summed E-state index contributed by atoms with van der Waals surface area (Å²) in [5.41, 5.74) is 0. The normalized spacial score (nSPS) is 18.9. The lowest BCUT2D eigenvalue weighted by molar-refractivity contribution is -0.124. The fourth-order valence-electron chi connectivity index (χ4n) is 2.61. The number of carbonyl (C=O) groups excluding carboxylic acids is 1. The maximum absolute atomic E-state index is 12.0. The van der Waals surface area contributed by atoms with Crippen LogP contribution in [-0.2, 0) is 22.5 Å². The van der Waals surface area contributed by atoms with Crippen LogP contribution in [0.1, 0.15) is 4.88 Å². The standard InChI is InChI=1S/C15H21N5O2S/c21-15(17-4-3-14-2-1-7-23-14)10-19-5-6-22-13(8-19)9-20-12-16-11-18-20/h1-2,7,11-13H,3-6,8-10H2,(H,17,21). The molecular weight excluding hydrogens is 314 g/mol. The van der Waals surface area contributed by atoms with Crippen molar-refractivity contribution in [3.8, 4) is 0 Å². The van der Waals surface area contributed by atoms with E-state index in [1.54, 1.807) is 22.3 Å². The summed E-state index contributed by atoms with van der Waals surface area (Å²) in [6.07, 6.45) is 4.13. The van der Waals surface area contributed by atoms with E-state index in [2.05, 4.69) is 31.7 Å². The summed E-state index contributed by atoms with van der Waals surface area (Å²) in [5.74, 6) is 0.0722. The molecule has 0 radical (unpaired) electrons. The van der Waals surface area contributed by atoms with E-state index >= 15 is 0 Å². The summed E-state index contributed by atoms with van der Waals surface area (Å²) in [6, 6.07) is 4.12. The molecule has 7 nitrogen and oxygen atoms in total. The van der Waals surface area contributed by atoms with Gasteiger partial charge in [-0.25, -0.2) is 4.98 Å². The van der Waals surface area contributed by atoms with Crippen molar-refractivity contribution in [2.75, 3.05) is 32.8 Å². The van der Waals surface area contributed by atoms with Gasteiger partial charge in [-0.2, -0.15) is 5.10 Å². The van der Waals surface area contributed by atoms with Crippen molar-refractivity contribution in [2.45, 2.75) is 19.1 Å². The first-order chi connectivity index (χ1) is 11.3. The van der Waals surface area contributed by atoms with Crippen molar-refractivity contribution >= 4 is 17.2 Å². The molecule has 2 aromatic rings. The summed E-state index contributed by atoms with van der Waals surface area (Å²) in [6.45, 7) is 3.93. The maximum Gasteiger partial charge on any atom is 0.234 e. The van der Waals surface area contributed by atoms with Crippen LogP contribution in [0.2, 0.25) is 0 Å². The third-order valence-corrected chi connectivity index (χ3v) is 4.66. The fourth-order valence-corrected chi connectivity index (χ4v) is 3.32. The van der Waals surface area contributed by atoms with E-state index in [0.29, 0.717) is 26.2 Å². The van der Waals surface area contributed by atoms with Crippen LogP contribution >= 0.6 is 11.3 Å². The third-order valence-electron chi connectivity index (χ3n) is 3.72. The summed E-state index contributed by atoms with van der Waals surface area (Å²) in [4.78, 5) is 19.4. The molecule has 8 heteroatoms. The average molecular weight is 335 g/mol. The lowest BCUT2D eigenvalue weighted by atomic mass is 10.2. The van der Waals surface area contributed by atoms with Crippen molar-refractivity contribution in [1.82, 2.24) is 25.0 Å². The topological polar surface area (TPSA) is 72.3 Å². The Hall–Kier alpha value is -1.77. The number of morpholine rings is 1. The van der Waals surface area contributed by atoms with Crippen molar-refractivity contribution < 1.29 is 9.53 Å². The molecule has 0 bridgehead atoms. The molecule has 1 unspecified atom stereocenters. The molecule has 2 aromatic heterocycles. The van der Waals surface area contributed by atoms with E-state index in [9.17, 15) is 4.79 Å². The SMILES string of the molecule is O=C(CN1CCOC(Cn2cncn2)C1)NCCc1cccs1. The predicted octanol–water partition coefficient (Wildman–Crippen LogP) is 0.399. The monoisotopic (exact) mass is 335 g/mol. The Kier molecular flexibility index (Phi) is 5.73. The van der Waals surface area contributed by atoms with Gasteiger partial charge in [0.1, 0.15) is 12.7 Å². The Morgan fingerprint density at radius 3 is 3.26 bits per heavy atom. The zero-order valence-electron chi connectivity index (χ0n) is 12.9. The first-order valence-corrected chi connectivity index (χ1v) is 8.63. The number of hydrogen-bond acceptors (Lipinski definition) is 6. The van der Waals surface area contributed by atoms with Crippen LogP contribution in [0.3, 0.4) is 0 Å². The molecule has 1 amide bonds. The highest BCUT2D eigenvalue weighted by Crippen LogP contribution is 2.08. The minimum atomic E-state index is 0.0457. The minimum Gasteiger partial charge on any atom is -0.374 e. The molecule has 1 aliphatic rings. The van der Waals surface area contributed by atoms with Crippen molar-refractivity contribution in [3.63, 3.8) is 0 Å². The van der Waals surface area contributed by atoms with Gasteiger partial charge in [-0.05, 0) is 17.9 Å². The summed E-state index contributed by atoms with van der Waals surface area (Å²) in [5, 5.41) is 9.13. The van der Waals surface area contributed by atoms with Gasteiger partial charge in [-0.3, -0.25) is 14.4 Å². The van der Waals surface area contributed by atoms with Crippen LogP contribution in [0.5, 0.6) is 0 Å². The quantitative estimate of drug-likeness (QED) is 0.793. The van der Waals surface area contributed by atoms with Gasteiger partial charge < -0.3 is 10.1 Å². The van der Waals surface area contributed by atoms with E-state index < -0.39 is 0 Å². The van der Waals surface area contributed by atoms with Gasteiger partial charge in [0.15, 0.2) is 0 Å². The van der Waals surface area contributed by atoms with E-state index in [0.717, 1.165) is 19.5 Å². The first-order valence-electron chi connectivity index (χ1n) is 7.75. The third kappa shape index (κ3) is 5.12. The number of hydrogen-bond donors (Lipinski definition) is 1. The molecule has 0 aromatic carbocycles. The molecule has 3 rings (SSSR count). The highest BCUT2D eigenvalue weighted by Gasteiger charge is 2.22. The Labute approximate surface area is 139 Å². The summed E-state index contributed by atoms with van der Waals surface area (Å²) < 4.78 is 7.49. The second-order valence-electron chi connectivity index (χ2n) is 5.52. The maximum atomic E-state index is 12.0. The van der Waals surface area contributed by atoms with Crippen LogP contribution in [0, 0.1) is 0 Å². The molecule has 0 saturated carbocycles. The van der Waals surface area contributed by atoms with Crippen LogP contribution in [0.15, 0.2) is 30.2 Å². The van der Waals surface area contributed by atoms with E-state index in [1.807, 2.05) is 6.07 Å². The van der Waals surface area contributed by atoms with Crippen LogP contribution < -0.4 is 5.32 Å². The number of nitrogens with one attached hydrogen (secondary N) is 1. The van der Waals surface area contributed by atoms with E-state index in [1.165, 1.54) is 11.2 Å². The molecule has 1 saturated heterocycles. The van der Waals surface area contributed by atoms with Gasteiger partial charge in [0.2, 0.25) is 5.91 Å². The van der Waals surface area contributed by atoms with Crippen molar-refractivity contribution in [1.29, 1.82) is 0 Å². The molecule has 0 aliphatic carbocycles. The molecule has 1 atom stereocenters. The predicted molar refractivity (Wildman–Crippen MR) is 87.2 cm³/mol. The zero-order valence-corrected chi connectivity index (χ0v) is 13.7. The lowest BCUT2D eigenvalue weighted by Crippen LogP contribution is -2.48. The number of carbonyl (C=O) groups is 1. The molecule has 23 heavy (non-hydrogen) atoms. The molecule has 1 fully saturated rings. The van der Waals surface area contributed by atoms with Crippen LogP contribution in [-0.4, -0.2) is 64.5 Å². The molecule has 1 N–H and O–H groups in total. The molecule has 0 spiro atoms. The first kappa shape index (κ1) is 16.1.